The minimum atomic E-state index is -0.862. The normalized spacial score (nSPS) is 30.1. The van der Waals surface area contributed by atoms with Gasteiger partial charge in [-0.25, -0.2) is 4.39 Å². The van der Waals surface area contributed by atoms with Gasteiger partial charge in [-0.3, -0.25) is 4.90 Å². The summed E-state index contributed by atoms with van der Waals surface area (Å²) in [6.45, 7) is 5.93. The maximum atomic E-state index is 14.4. The number of β-amino-alcohol motifs (C(OH)–C–C–N with tert-alkyl or cyclic N) is 1. The summed E-state index contributed by atoms with van der Waals surface area (Å²) in [6, 6.07) is 2.59. The number of aromatic nitrogens is 2. The van der Waals surface area contributed by atoms with Gasteiger partial charge in [0.05, 0.1) is 22.3 Å². The van der Waals surface area contributed by atoms with Crippen LogP contribution in [0.25, 0.3) is 0 Å². The Morgan fingerprint density at radius 3 is 2.67 bits per heavy atom. The molecule has 0 aromatic carbocycles. The number of anilines is 3. The number of nitrogens with zero attached hydrogens (tertiary/aromatic N) is 6. The Kier molecular flexibility index (Phi) is 6.64. The van der Waals surface area contributed by atoms with Crippen LogP contribution in [0.5, 0.6) is 6.01 Å². The molecule has 4 fully saturated rings. The van der Waals surface area contributed by atoms with Crippen molar-refractivity contribution in [3.05, 3.63) is 21.6 Å². The van der Waals surface area contributed by atoms with Crippen LogP contribution >= 0.6 is 11.3 Å². The highest BCUT2D eigenvalue weighted by atomic mass is 32.1. The quantitative estimate of drug-likeness (QED) is 0.430. The standard InChI is InChI=1S/C30H39FN8O2S/c1-28(40)6-3-9-37(15-28)25-21(13-33)26(36-27(35-25)41-18-30-8-4-10-39(30)14-19(31)11-30)38-16-29(17-38)7-2-5-22-23(29)20(12-32)24(34)42-22/h13,19,33,40H,2-11,14-18,34H2,1H3/t19-,28-,30+/m1/s1. The predicted octanol–water partition coefficient (Wildman–Crippen LogP) is 3.39. The molecule has 4 saturated heterocycles. The first kappa shape index (κ1) is 27.8. The van der Waals surface area contributed by atoms with E-state index in [2.05, 4.69) is 15.9 Å². The number of nitrogen functional groups attached to an aromatic ring is 1. The molecular weight excluding hydrogens is 555 g/mol. The van der Waals surface area contributed by atoms with Crippen LogP contribution in [0.15, 0.2) is 0 Å². The Morgan fingerprint density at radius 1 is 1.17 bits per heavy atom. The van der Waals surface area contributed by atoms with Crippen molar-refractivity contribution in [3.63, 3.8) is 0 Å². The number of hydrogen-bond donors (Lipinski definition) is 3. The van der Waals surface area contributed by atoms with Crippen molar-refractivity contribution in [3.8, 4) is 12.1 Å². The first-order valence-corrected chi connectivity index (χ1v) is 16.0. The lowest BCUT2D eigenvalue weighted by molar-refractivity contribution is 0.0446. The van der Waals surface area contributed by atoms with Gasteiger partial charge in [0.1, 0.15) is 35.5 Å². The van der Waals surface area contributed by atoms with E-state index in [4.69, 9.17) is 25.8 Å². The highest BCUT2D eigenvalue weighted by Gasteiger charge is 2.51. The Balaban J connectivity index is 1.23. The van der Waals surface area contributed by atoms with Crippen LogP contribution in [0.1, 0.15) is 73.4 Å². The monoisotopic (exact) mass is 594 g/mol. The van der Waals surface area contributed by atoms with Gasteiger partial charge in [-0.2, -0.15) is 15.2 Å². The molecule has 3 atom stereocenters. The average Bonchev–Trinajstić information content (AvgIpc) is 3.57. The Hall–Kier alpha value is -3.01. The summed E-state index contributed by atoms with van der Waals surface area (Å²) in [5.74, 6) is 1.22. The van der Waals surface area contributed by atoms with Crippen molar-refractivity contribution in [2.75, 3.05) is 61.4 Å². The molecule has 10 nitrogen and oxygen atoms in total. The second kappa shape index (κ2) is 10.0. The molecule has 42 heavy (non-hydrogen) atoms. The number of piperidine rings is 1. The largest absolute Gasteiger partial charge is 0.461 e. The number of halogens is 1. The highest BCUT2D eigenvalue weighted by molar-refractivity contribution is 7.16. The zero-order valence-corrected chi connectivity index (χ0v) is 25.0. The van der Waals surface area contributed by atoms with E-state index in [0.29, 0.717) is 79.9 Å². The molecule has 6 heterocycles. The fraction of sp³-hybridized carbons (Fsp3) is 0.667. The Labute approximate surface area is 249 Å². The van der Waals surface area contributed by atoms with Crippen LogP contribution in [0, 0.1) is 16.7 Å². The first-order valence-electron chi connectivity index (χ1n) is 15.1. The molecule has 224 valence electrons. The van der Waals surface area contributed by atoms with Crippen molar-refractivity contribution < 1.29 is 14.2 Å². The van der Waals surface area contributed by atoms with Crippen LogP contribution in [0.3, 0.4) is 0 Å². The van der Waals surface area contributed by atoms with Crippen LogP contribution in [0.4, 0.5) is 21.0 Å². The zero-order chi connectivity index (χ0) is 29.3. The van der Waals surface area contributed by atoms with Crippen LogP contribution in [0.2, 0.25) is 0 Å². The molecular formula is C30H39FN8O2S. The number of nitrogens with two attached hydrogens (primary N) is 1. The molecule has 0 unspecified atom stereocenters. The second-order valence-corrected chi connectivity index (χ2v) is 14.5. The SMILES string of the molecule is C[C@@]1(O)CCCN(c2nc(OC[C@@]34CCCN3C[C@H](F)C4)nc(N3CC4(CCCc5sc(N)c(C#N)c54)C3)c2C=N)C1. The van der Waals surface area contributed by atoms with E-state index in [9.17, 15) is 14.8 Å². The fourth-order valence-electron chi connectivity index (χ4n) is 8.36. The molecule has 4 aliphatic heterocycles. The summed E-state index contributed by atoms with van der Waals surface area (Å²) < 4.78 is 20.8. The van der Waals surface area contributed by atoms with E-state index >= 15 is 0 Å². The summed E-state index contributed by atoms with van der Waals surface area (Å²) in [4.78, 5) is 17.3. The highest BCUT2D eigenvalue weighted by Crippen LogP contribution is 2.51. The number of alkyl halides is 1. The molecule has 5 aliphatic rings. The van der Waals surface area contributed by atoms with E-state index in [-0.39, 0.29) is 17.0 Å². The van der Waals surface area contributed by atoms with Crippen molar-refractivity contribution in [1.29, 1.82) is 10.7 Å². The minimum Gasteiger partial charge on any atom is -0.461 e. The van der Waals surface area contributed by atoms with Crippen molar-refractivity contribution in [2.24, 2.45) is 0 Å². The first-order chi connectivity index (χ1) is 20.2. The molecule has 1 spiro atoms. The zero-order valence-electron chi connectivity index (χ0n) is 24.2. The number of aliphatic hydroxyl groups is 1. The molecule has 1 aliphatic carbocycles. The summed E-state index contributed by atoms with van der Waals surface area (Å²) in [7, 11) is 0. The van der Waals surface area contributed by atoms with Gasteiger partial charge < -0.3 is 30.8 Å². The van der Waals surface area contributed by atoms with E-state index in [1.54, 1.807) is 11.3 Å². The lowest BCUT2D eigenvalue weighted by atomic mass is 9.66. The number of ether oxygens (including phenoxy) is 1. The molecule has 0 amide bonds. The van der Waals surface area contributed by atoms with Crippen molar-refractivity contribution in [2.45, 2.75) is 81.0 Å². The number of thiophene rings is 1. The van der Waals surface area contributed by atoms with Crippen molar-refractivity contribution >= 4 is 34.2 Å². The summed E-state index contributed by atoms with van der Waals surface area (Å²) >= 11 is 1.54. The molecule has 0 saturated carbocycles. The molecule has 0 bridgehead atoms. The summed E-state index contributed by atoms with van der Waals surface area (Å²) in [6.07, 6.45) is 7.31. The smallest absolute Gasteiger partial charge is 0.320 e. The number of nitriles is 1. The number of nitrogens with one attached hydrogen (secondary N) is 1. The lowest BCUT2D eigenvalue weighted by Gasteiger charge is -2.53. The average molecular weight is 595 g/mol. The number of hydrogen-bond acceptors (Lipinski definition) is 11. The topological polar surface area (TPSA) is 139 Å². The maximum Gasteiger partial charge on any atom is 0.320 e. The minimum absolute atomic E-state index is 0.170. The van der Waals surface area contributed by atoms with Crippen LogP contribution < -0.4 is 20.3 Å². The maximum absolute atomic E-state index is 14.4. The number of rotatable bonds is 6. The predicted molar refractivity (Wildman–Crippen MR) is 161 cm³/mol. The van der Waals surface area contributed by atoms with E-state index in [0.717, 1.165) is 50.6 Å². The van der Waals surface area contributed by atoms with Crippen LogP contribution in [-0.4, -0.2) is 89.4 Å². The van der Waals surface area contributed by atoms with Gasteiger partial charge >= 0.3 is 6.01 Å². The van der Waals surface area contributed by atoms with Crippen molar-refractivity contribution in [1.82, 2.24) is 14.9 Å². The molecule has 7 rings (SSSR count). The van der Waals surface area contributed by atoms with Gasteiger partial charge in [0.2, 0.25) is 0 Å². The fourth-order valence-corrected chi connectivity index (χ4v) is 9.54. The molecule has 0 radical (unpaired) electrons. The Bertz CT molecular complexity index is 1450. The van der Waals surface area contributed by atoms with Gasteiger partial charge in [0, 0.05) is 55.7 Å². The summed E-state index contributed by atoms with van der Waals surface area (Å²) in [5.41, 5.74) is 7.22. The van der Waals surface area contributed by atoms with Gasteiger partial charge in [0.25, 0.3) is 0 Å². The van der Waals surface area contributed by atoms with Crippen LogP contribution in [-0.2, 0) is 11.8 Å². The molecule has 12 heteroatoms. The van der Waals surface area contributed by atoms with Gasteiger partial charge in [-0.1, -0.05) is 0 Å². The number of aryl methyl sites for hydroxylation is 1. The van der Waals surface area contributed by atoms with E-state index in [1.807, 2.05) is 11.8 Å². The molecule has 2 aromatic heterocycles. The third-order valence-corrected chi connectivity index (χ3v) is 11.3. The van der Waals surface area contributed by atoms with Gasteiger partial charge in [-0.15, -0.1) is 11.3 Å². The third kappa shape index (κ3) is 4.43. The molecule has 4 N–H and O–H groups in total. The lowest BCUT2D eigenvalue weighted by Crippen LogP contribution is -2.61. The number of fused-ring (bicyclic) bond motifs is 3. The second-order valence-electron chi connectivity index (χ2n) is 13.3. The Morgan fingerprint density at radius 2 is 1.93 bits per heavy atom. The van der Waals surface area contributed by atoms with Gasteiger partial charge in [0.15, 0.2) is 0 Å². The molecule has 2 aromatic rings. The van der Waals surface area contributed by atoms with E-state index in [1.165, 1.54) is 11.1 Å². The van der Waals surface area contributed by atoms with Gasteiger partial charge in [-0.05, 0) is 64.0 Å². The summed E-state index contributed by atoms with van der Waals surface area (Å²) in [5, 5.41) is 29.8. The third-order valence-electron chi connectivity index (χ3n) is 10.2. The van der Waals surface area contributed by atoms with E-state index < -0.39 is 11.8 Å².